The summed E-state index contributed by atoms with van der Waals surface area (Å²) in [5, 5.41) is 0. The first kappa shape index (κ1) is 12.2. The topological polar surface area (TPSA) is 39.8 Å². The van der Waals surface area contributed by atoms with E-state index in [1.807, 2.05) is 18.7 Å². The molecule has 0 fully saturated rings. The van der Waals surface area contributed by atoms with E-state index in [0.29, 0.717) is 12.2 Å². The van der Waals surface area contributed by atoms with Crippen molar-refractivity contribution in [3.63, 3.8) is 0 Å². The van der Waals surface area contributed by atoms with Gasteiger partial charge in [0.05, 0.1) is 6.33 Å². The Hall–Kier alpha value is -1.84. The van der Waals surface area contributed by atoms with E-state index in [0.717, 1.165) is 44.3 Å². The SMILES string of the molecule is O=C1CCCCc2cn(CCCn3ccnc3)cc21. The quantitative estimate of drug-likeness (QED) is 0.790. The third kappa shape index (κ3) is 2.78. The van der Waals surface area contributed by atoms with Crippen LogP contribution in [0.4, 0.5) is 0 Å². The van der Waals surface area contributed by atoms with Crippen molar-refractivity contribution >= 4 is 5.78 Å². The highest BCUT2D eigenvalue weighted by Gasteiger charge is 2.17. The van der Waals surface area contributed by atoms with E-state index in [1.54, 1.807) is 6.20 Å². The molecule has 0 amide bonds. The van der Waals surface area contributed by atoms with Gasteiger partial charge in [-0.1, -0.05) is 0 Å². The Morgan fingerprint density at radius 1 is 1.11 bits per heavy atom. The number of Topliss-reactive ketones (excluding diaryl/α,β-unsaturated/α-hetero) is 1. The molecule has 3 rings (SSSR count). The fourth-order valence-corrected chi connectivity index (χ4v) is 2.73. The molecular weight excluding hydrogens is 238 g/mol. The predicted octanol–water partition coefficient (Wildman–Crippen LogP) is 2.68. The van der Waals surface area contributed by atoms with Crippen molar-refractivity contribution in [2.45, 2.75) is 45.2 Å². The zero-order chi connectivity index (χ0) is 13.1. The minimum absolute atomic E-state index is 0.320. The molecule has 0 aromatic carbocycles. The second-order valence-electron chi connectivity index (χ2n) is 5.22. The van der Waals surface area contributed by atoms with E-state index in [1.165, 1.54) is 5.56 Å². The molecular formula is C15H19N3O. The third-order valence-corrected chi connectivity index (χ3v) is 3.75. The van der Waals surface area contributed by atoms with Crippen LogP contribution in [0, 0.1) is 0 Å². The molecule has 0 bridgehead atoms. The molecule has 1 aliphatic rings. The number of hydrogen-bond donors (Lipinski definition) is 0. The molecule has 0 N–H and O–H groups in total. The average molecular weight is 257 g/mol. The van der Waals surface area contributed by atoms with Gasteiger partial charge in [-0.15, -0.1) is 0 Å². The van der Waals surface area contributed by atoms with E-state index in [-0.39, 0.29) is 0 Å². The van der Waals surface area contributed by atoms with Crippen LogP contribution in [0.25, 0.3) is 0 Å². The number of fused-ring (bicyclic) bond motifs is 1. The van der Waals surface area contributed by atoms with Crippen molar-refractivity contribution in [2.24, 2.45) is 0 Å². The van der Waals surface area contributed by atoms with Gasteiger partial charge < -0.3 is 9.13 Å². The zero-order valence-electron chi connectivity index (χ0n) is 11.1. The molecule has 4 heteroatoms. The largest absolute Gasteiger partial charge is 0.353 e. The number of carbonyl (C=O) groups excluding carboxylic acids is 1. The second kappa shape index (κ2) is 5.43. The molecule has 0 aliphatic heterocycles. The number of imidazole rings is 1. The van der Waals surface area contributed by atoms with Gasteiger partial charge in [0.2, 0.25) is 0 Å². The third-order valence-electron chi connectivity index (χ3n) is 3.75. The maximum atomic E-state index is 12.0. The van der Waals surface area contributed by atoms with Crippen molar-refractivity contribution in [3.8, 4) is 0 Å². The van der Waals surface area contributed by atoms with Crippen molar-refractivity contribution in [2.75, 3.05) is 0 Å². The Morgan fingerprint density at radius 2 is 1.95 bits per heavy atom. The Kier molecular flexibility index (Phi) is 3.49. The molecule has 4 nitrogen and oxygen atoms in total. The van der Waals surface area contributed by atoms with Crippen molar-refractivity contribution in [3.05, 3.63) is 42.2 Å². The molecule has 0 atom stereocenters. The van der Waals surface area contributed by atoms with Gasteiger partial charge in [0, 0.05) is 49.9 Å². The highest BCUT2D eigenvalue weighted by atomic mass is 16.1. The number of aromatic nitrogens is 3. The molecule has 1 aliphatic carbocycles. The first-order chi connectivity index (χ1) is 9.33. The molecule has 19 heavy (non-hydrogen) atoms. The van der Waals surface area contributed by atoms with Crippen molar-refractivity contribution < 1.29 is 4.79 Å². The number of aryl methyl sites for hydroxylation is 3. The zero-order valence-corrected chi connectivity index (χ0v) is 11.1. The second-order valence-corrected chi connectivity index (χ2v) is 5.22. The summed E-state index contributed by atoms with van der Waals surface area (Å²) in [6.07, 6.45) is 14.8. The summed E-state index contributed by atoms with van der Waals surface area (Å²) in [5.41, 5.74) is 2.20. The van der Waals surface area contributed by atoms with Crippen LogP contribution >= 0.6 is 0 Å². The monoisotopic (exact) mass is 257 g/mol. The first-order valence-electron chi connectivity index (χ1n) is 7.00. The van der Waals surface area contributed by atoms with Crippen LogP contribution < -0.4 is 0 Å². The predicted molar refractivity (Wildman–Crippen MR) is 73.2 cm³/mol. The highest BCUT2D eigenvalue weighted by molar-refractivity contribution is 5.97. The number of ketones is 1. The van der Waals surface area contributed by atoms with Gasteiger partial charge in [0.15, 0.2) is 5.78 Å². The summed E-state index contributed by atoms with van der Waals surface area (Å²) >= 11 is 0. The van der Waals surface area contributed by atoms with Gasteiger partial charge in [0.1, 0.15) is 0 Å². The molecule has 0 spiro atoms. The van der Waals surface area contributed by atoms with Crippen LogP contribution in [0.15, 0.2) is 31.1 Å². The number of hydrogen-bond acceptors (Lipinski definition) is 2. The van der Waals surface area contributed by atoms with Gasteiger partial charge in [-0.25, -0.2) is 4.98 Å². The van der Waals surface area contributed by atoms with E-state index in [2.05, 4.69) is 20.3 Å². The molecule has 0 saturated heterocycles. The van der Waals surface area contributed by atoms with Crippen LogP contribution in [0.1, 0.15) is 41.6 Å². The van der Waals surface area contributed by atoms with Gasteiger partial charge in [-0.3, -0.25) is 4.79 Å². The normalized spacial score (nSPS) is 15.3. The minimum atomic E-state index is 0.320. The molecule has 100 valence electrons. The Bertz CT molecular complexity index is 554. The number of rotatable bonds is 4. The van der Waals surface area contributed by atoms with Crippen LogP contribution in [0.5, 0.6) is 0 Å². The molecule has 0 unspecified atom stereocenters. The summed E-state index contributed by atoms with van der Waals surface area (Å²) in [6, 6.07) is 0. The van der Waals surface area contributed by atoms with Crippen molar-refractivity contribution in [1.29, 1.82) is 0 Å². The van der Waals surface area contributed by atoms with Crippen LogP contribution in [-0.4, -0.2) is 19.9 Å². The molecule has 2 aromatic rings. The first-order valence-corrected chi connectivity index (χ1v) is 7.00. The molecule has 2 heterocycles. The van der Waals surface area contributed by atoms with E-state index >= 15 is 0 Å². The number of nitrogens with zero attached hydrogens (tertiary/aromatic N) is 3. The van der Waals surface area contributed by atoms with Gasteiger partial charge in [-0.2, -0.15) is 0 Å². The fourth-order valence-electron chi connectivity index (χ4n) is 2.73. The summed E-state index contributed by atoms with van der Waals surface area (Å²) in [7, 11) is 0. The standard InChI is InChI=1S/C15H19N3O/c19-15-5-2-1-4-13-10-18(11-14(13)15)8-3-7-17-9-6-16-12-17/h6,9-12H,1-5,7-8H2. The lowest BCUT2D eigenvalue weighted by Gasteiger charge is -2.04. The summed E-state index contributed by atoms with van der Waals surface area (Å²) in [5.74, 6) is 0.320. The summed E-state index contributed by atoms with van der Waals surface area (Å²) in [6.45, 7) is 1.93. The highest BCUT2D eigenvalue weighted by Crippen LogP contribution is 2.21. The van der Waals surface area contributed by atoms with Crippen LogP contribution in [0.2, 0.25) is 0 Å². The summed E-state index contributed by atoms with van der Waals surface area (Å²) < 4.78 is 4.25. The van der Waals surface area contributed by atoms with E-state index in [4.69, 9.17) is 0 Å². The lowest BCUT2D eigenvalue weighted by atomic mass is 10.1. The van der Waals surface area contributed by atoms with Crippen LogP contribution in [-0.2, 0) is 19.5 Å². The molecule has 0 radical (unpaired) electrons. The Morgan fingerprint density at radius 3 is 2.79 bits per heavy atom. The van der Waals surface area contributed by atoms with Gasteiger partial charge in [0.25, 0.3) is 0 Å². The summed E-state index contributed by atoms with van der Waals surface area (Å²) in [4.78, 5) is 16.0. The van der Waals surface area contributed by atoms with Gasteiger partial charge in [-0.05, 0) is 31.2 Å². The number of carbonyl (C=O) groups is 1. The van der Waals surface area contributed by atoms with Gasteiger partial charge >= 0.3 is 0 Å². The van der Waals surface area contributed by atoms with E-state index in [9.17, 15) is 4.79 Å². The average Bonchev–Trinajstić information content (AvgIpc) is 3.01. The van der Waals surface area contributed by atoms with Crippen LogP contribution in [0.3, 0.4) is 0 Å². The smallest absolute Gasteiger partial charge is 0.164 e. The fraction of sp³-hybridized carbons (Fsp3) is 0.467. The lowest BCUT2D eigenvalue weighted by molar-refractivity contribution is 0.0982. The van der Waals surface area contributed by atoms with E-state index < -0.39 is 0 Å². The molecule has 2 aromatic heterocycles. The minimum Gasteiger partial charge on any atom is -0.353 e. The Balaban J connectivity index is 1.63. The van der Waals surface area contributed by atoms with Crippen molar-refractivity contribution in [1.82, 2.24) is 14.1 Å². The maximum absolute atomic E-state index is 12.0. The molecule has 0 saturated carbocycles. The Labute approximate surface area is 113 Å². The maximum Gasteiger partial charge on any atom is 0.164 e. The lowest BCUT2D eigenvalue weighted by Crippen LogP contribution is -2.01.